The van der Waals surface area contributed by atoms with Crippen molar-refractivity contribution in [3.63, 3.8) is 0 Å². The lowest BCUT2D eigenvalue weighted by atomic mass is 9.93. The lowest BCUT2D eigenvalue weighted by Gasteiger charge is -2.32. The summed E-state index contributed by atoms with van der Waals surface area (Å²) in [6.07, 6.45) is 7.56. The Morgan fingerprint density at radius 3 is 2.32 bits per heavy atom. The number of carbonyl (C=O) groups excluding carboxylic acids is 1. The predicted molar refractivity (Wildman–Crippen MR) is 147 cm³/mol. The molecule has 0 unspecified atom stereocenters. The van der Waals surface area contributed by atoms with Crippen molar-refractivity contribution in [3.05, 3.63) is 33.3 Å². The smallest absolute Gasteiger partial charge is 0.284 e. The molecule has 2 aromatic rings. The summed E-state index contributed by atoms with van der Waals surface area (Å²) in [5.41, 5.74) is 1.31. The number of nitrogens with zero attached hydrogens (tertiary/aromatic N) is 5. The van der Waals surface area contributed by atoms with Crippen molar-refractivity contribution in [2.75, 3.05) is 39.8 Å². The zero-order valence-corrected chi connectivity index (χ0v) is 24.3. The first kappa shape index (κ1) is 27.5. The van der Waals surface area contributed by atoms with E-state index >= 15 is 0 Å². The van der Waals surface area contributed by atoms with Crippen LogP contribution in [-0.2, 0) is 16.6 Å². The third kappa shape index (κ3) is 6.05. The van der Waals surface area contributed by atoms with Crippen molar-refractivity contribution >= 4 is 27.3 Å². The SMILES string of the molecule is COc1cc(C)c(S(=O)(=O)N(Cc2nnc(C(=O)N3CCC(CCN4CCCC4)CC3)s2)C2CC2)c(C)c1. The maximum absolute atomic E-state index is 13.8. The molecule has 3 aliphatic rings. The minimum atomic E-state index is -3.75. The number of amides is 1. The van der Waals surface area contributed by atoms with E-state index in [1.807, 2.05) is 4.90 Å². The molecule has 5 rings (SSSR count). The maximum atomic E-state index is 13.8. The molecule has 2 aliphatic heterocycles. The van der Waals surface area contributed by atoms with Crippen LogP contribution in [0.1, 0.15) is 70.9 Å². The molecule has 1 aromatic carbocycles. The summed E-state index contributed by atoms with van der Waals surface area (Å²) < 4.78 is 34.4. The summed E-state index contributed by atoms with van der Waals surface area (Å²) in [6.45, 7) is 8.85. The third-order valence-electron chi connectivity index (χ3n) is 8.09. The fourth-order valence-electron chi connectivity index (χ4n) is 5.79. The van der Waals surface area contributed by atoms with E-state index in [-0.39, 0.29) is 18.5 Å². The fourth-order valence-corrected chi connectivity index (χ4v) is 8.74. The Morgan fingerprint density at radius 2 is 1.71 bits per heavy atom. The summed E-state index contributed by atoms with van der Waals surface area (Å²) in [5.74, 6) is 1.22. The van der Waals surface area contributed by atoms with Gasteiger partial charge in [0.15, 0.2) is 0 Å². The largest absolute Gasteiger partial charge is 0.497 e. The molecule has 0 spiro atoms. The zero-order valence-electron chi connectivity index (χ0n) is 22.7. The molecule has 1 aliphatic carbocycles. The molecule has 1 saturated carbocycles. The fraction of sp³-hybridized carbons (Fsp3) is 0.667. The molecule has 0 atom stereocenters. The lowest BCUT2D eigenvalue weighted by molar-refractivity contribution is 0.0681. The first-order valence-electron chi connectivity index (χ1n) is 13.8. The number of hydrogen-bond acceptors (Lipinski definition) is 8. The van der Waals surface area contributed by atoms with Crippen LogP contribution >= 0.6 is 11.3 Å². The van der Waals surface area contributed by atoms with Crippen LogP contribution in [-0.4, -0.2) is 84.5 Å². The summed E-state index contributed by atoms with van der Waals surface area (Å²) in [5, 5.41) is 9.31. The Hall–Kier alpha value is -2.08. The van der Waals surface area contributed by atoms with E-state index in [4.69, 9.17) is 4.74 Å². The molecular formula is C27H39N5O4S2. The second-order valence-corrected chi connectivity index (χ2v) is 13.8. The molecular weight excluding hydrogens is 522 g/mol. The Bertz CT molecular complexity index is 1220. The number of benzene rings is 1. The number of hydrogen-bond donors (Lipinski definition) is 0. The van der Waals surface area contributed by atoms with Crippen molar-refractivity contribution in [1.29, 1.82) is 0 Å². The molecule has 3 fully saturated rings. The predicted octanol–water partition coefficient (Wildman–Crippen LogP) is 3.85. The van der Waals surface area contributed by atoms with Gasteiger partial charge in [0.25, 0.3) is 5.91 Å². The molecule has 2 saturated heterocycles. The van der Waals surface area contributed by atoms with E-state index in [1.165, 1.54) is 54.5 Å². The third-order valence-corrected chi connectivity index (χ3v) is 11.2. The van der Waals surface area contributed by atoms with Crippen molar-refractivity contribution in [2.45, 2.75) is 76.3 Å². The lowest BCUT2D eigenvalue weighted by Crippen LogP contribution is -2.39. The molecule has 0 radical (unpaired) electrons. The van der Waals surface area contributed by atoms with Gasteiger partial charge in [0.05, 0.1) is 18.6 Å². The first-order chi connectivity index (χ1) is 18.3. The van der Waals surface area contributed by atoms with Gasteiger partial charge in [-0.1, -0.05) is 11.3 Å². The molecule has 3 heterocycles. The van der Waals surface area contributed by atoms with Gasteiger partial charge < -0.3 is 14.5 Å². The summed E-state index contributed by atoms with van der Waals surface area (Å²) in [7, 11) is -2.18. The topological polar surface area (TPSA) is 95.9 Å². The molecule has 9 nitrogen and oxygen atoms in total. The van der Waals surface area contributed by atoms with Crippen molar-refractivity contribution in [1.82, 2.24) is 24.3 Å². The van der Waals surface area contributed by atoms with Crippen LogP contribution in [0.3, 0.4) is 0 Å². The van der Waals surface area contributed by atoms with E-state index in [1.54, 1.807) is 33.1 Å². The van der Waals surface area contributed by atoms with Gasteiger partial charge in [0.1, 0.15) is 10.8 Å². The van der Waals surface area contributed by atoms with E-state index in [0.29, 0.717) is 37.7 Å². The quantitative estimate of drug-likeness (QED) is 0.435. The minimum Gasteiger partial charge on any atom is -0.497 e. The van der Waals surface area contributed by atoms with Crippen molar-refractivity contribution < 1.29 is 17.9 Å². The number of rotatable bonds is 10. The Labute approximate surface area is 230 Å². The van der Waals surface area contributed by atoms with Crippen LogP contribution in [0.2, 0.25) is 0 Å². The first-order valence-corrected chi connectivity index (χ1v) is 16.0. The molecule has 38 heavy (non-hydrogen) atoms. The van der Waals surface area contributed by atoms with E-state index in [0.717, 1.165) is 38.8 Å². The highest BCUT2D eigenvalue weighted by atomic mass is 32.2. The summed E-state index contributed by atoms with van der Waals surface area (Å²) in [6, 6.07) is 3.45. The summed E-state index contributed by atoms with van der Waals surface area (Å²) in [4.78, 5) is 17.9. The second-order valence-electron chi connectivity index (χ2n) is 10.9. The Kier molecular flexibility index (Phi) is 8.37. The van der Waals surface area contributed by atoms with E-state index in [9.17, 15) is 13.2 Å². The average molecular weight is 562 g/mol. The van der Waals surface area contributed by atoms with Gasteiger partial charge in [-0.25, -0.2) is 8.42 Å². The number of aryl methyl sites for hydroxylation is 2. The van der Waals surface area contributed by atoms with Gasteiger partial charge in [0, 0.05) is 19.1 Å². The molecule has 1 aromatic heterocycles. The van der Waals surface area contributed by atoms with Crippen LogP contribution in [0.4, 0.5) is 0 Å². The van der Waals surface area contributed by atoms with Gasteiger partial charge in [-0.05, 0) is 108 Å². The highest BCUT2D eigenvalue weighted by molar-refractivity contribution is 7.89. The van der Waals surface area contributed by atoms with Crippen LogP contribution in [0.15, 0.2) is 17.0 Å². The van der Waals surface area contributed by atoms with Crippen LogP contribution in [0.25, 0.3) is 0 Å². The van der Waals surface area contributed by atoms with Crippen molar-refractivity contribution in [3.8, 4) is 5.75 Å². The average Bonchev–Trinajstić information content (AvgIpc) is 3.38. The molecule has 208 valence electrons. The van der Waals surface area contributed by atoms with Crippen LogP contribution in [0, 0.1) is 19.8 Å². The number of likely N-dealkylation sites (tertiary alicyclic amines) is 2. The van der Waals surface area contributed by atoms with Gasteiger partial charge in [-0.2, -0.15) is 4.31 Å². The van der Waals surface area contributed by atoms with E-state index in [2.05, 4.69) is 15.1 Å². The number of sulfonamides is 1. The van der Waals surface area contributed by atoms with Gasteiger partial charge in [0.2, 0.25) is 15.0 Å². The summed E-state index contributed by atoms with van der Waals surface area (Å²) >= 11 is 1.22. The van der Waals surface area contributed by atoms with Gasteiger partial charge >= 0.3 is 0 Å². The number of carbonyl (C=O) groups is 1. The highest BCUT2D eigenvalue weighted by Gasteiger charge is 2.40. The highest BCUT2D eigenvalue weighted by Crippen LogP contribution is 2.37. The number of piperidine rings is 1. The minimum absolute atomic E-state index is 0.0523. The number of aromatic nitrogens is 2. The van der Waals surface area contributed by atoms with E-state index < -0.39 is 10.0 Å². The van der Waals surface area contributed by atoms with Crippen LogP contribution < -0.4 is 4.74 Å². The molecule has 1 amide bonds. The second kappa shape index (κ2) is 11.6. The number of ether oxygens (including phenoxy) is 1. The molecule has 0 bridgehead atoms. The van der Waals surface area contributed by atoms with Gasteiger partial charge in [-0.15, -0.1) is 10.2 Å². The standard InChI is InChI=1S/C27H39N5O4S2/c1-19-16-23(36-3)17-20(2)25(19)38(34,35)32(22-6-7-22)18-24-28-29-26(37-24)27(33)31-14-9-21(10-15-31)8-13-30-11-4-5-12-30/h16-17,21-22H,4-15,18H2,1-3H3. The van der Waals surface area contributed by atoms with Crippen LogP contribution in [0.5, 0.6) is 5.75 Å². The van der Waals surface area contributed by atoms with Gasteiger partial charge in [-0.3, -0.25) is 4.79 Å². The molecule has 0 N–H and O–H groups in total. The monoisotopic (exact) mass is 561 g/mol. The normalized spacial score (nSPS) is 19.4. The Morgan fingerprint density at radius 1 is 1.05 bits per heavy atom. The molecule has 11 heteroatoms. The Balaban J connectivity index is 1.22. The zero-order chi connectivity index (χ0) is 26.9. The van der Waals surface area contributed by atoms with Crippen molar-refractivity contribution in [2.24, 2.45) is 5.92 Å². The maximum Gasteiger partial charge on any atom is 0.284 e. The number of methoxy groups -OCH3 is 1.